The Balaban J connectivity index is 2.18. The van der Waals surface area contributed by atoms with Gasteiger partial charge in [0.25, 0.3) is 5.56 Å². The Morgan fingerprint density at radius 1 is 1.37 bits per heavy atom. The Labute approximate surface area is 179 Å². The SMILES string of the molecule is CCOc1cc(C=Nn2c(C(C)C)nc3ccc(Br)cc3c2=O)cc([N+](=O)[O-])c1O. The van der Waals surface area contributed by atoms with Gasteiger partial charge in [-0.25, -0.2) is 4.98 Å². The molecule has 0 fully saturated rings. The topological polar surface area (TPSA) is 120 Å². The molecule has 0 aliphatic carbocycles. The maximum absolute atomic E-state index is 13.0. The van der Waals surface area contributed by atoms with E-state index in [-0.39, 0.29) is 23.8 Å². The fourth-order valence-corrected chi connectivity index (χ4v) is 3.23. The molecular formula is C20H19BrN4O5. The number of hydrogen-bond donors (Lipinski definition) is 1. The van der Waals surface area contributed by atoms with Crippen molar-refractivity contribution in [1.82, 2.24) is 9.66 Å². The Kier molecular flexibility index (Phi) is 6.16. The van der Waals surface area contributed by atoms with Crippen LogP contribution in [0.15, 0.2) is 44.7 Å². The number of phenols is 1. The summed E-state index contributed by atoms with van der Waals surface area (Å²) in [5, 5.41) is 25.9. The van der Waals surface area contributed by atoms with Gasteiger partial charge in [0.2, 0.25) is 5.75 Å². The standard InChI is InChI=1S/C20H19BrN4O5/c1-4-30-17-8-12(7-16(18(17)26)25(28)29)10-22-24-19(11(2)3)23-15-6-5-13(21)9-14(15)20(24)27/h5-11,26H,4H2,1-3H3. The Bertz CT molecular complexity index is 1220. The molecule has 9 nitrogen and oxygen atoms in total. The van der Waals surface area contributed by atoms with Crippen LogP contribution >= 0.6 is 15.9 Å². The molecule has 1 aromatic heterocycles. The summed E-state index contributed by atoms with van der Waals surface area (Å²) in [4.78, 5) is 28.1. The lowest BCUT2D eigenvalue weighted by atomic mass is 10.1. The van der Waals surface area contributed by atoms with Crippen molar-refractivity contribution in [2.24, 2.45) is 5.10 Å². The average molecular weight is 475 g/mol. The number of nitro benzene ring substituents is 1. The third-order valence-electron chi connectivity index (χ3n) is 4.25. The van der Waals surface area contributed by atoms with E-state index in [0.29, 0.717) is 22.3 Å². The minimum absolute atomic E-state index is 0.0369. The number of halogens is 1. The summed E-state index contributed by atoms with van der Waals surface area (Å²) in [6, 6.07) is 7.79. The third kappa shape index (κ3) is 4.18. The van der Waals surface area contributed by atoms with Gasteiger partial charge in [0.15, 0.2) is 5.75 Å². The molecule has 3 rings (SSSR count). The zero-order valence-corrected chi connectivity index (χ0v) is 18.1. The average Bonchev–Trinajstić information content (AvgIpc) is 2.69. The molecule has 0 amide bonds. The number of nitro groups is 1. The van der Waals surface area contributed by atoms with Gasteiger partial charge in [0.1, 0.15) is 5.82 Å². The molecule has 1 heterocycles. The Morgan fingerprint density at radius 3 is 2.73 bits per heavy atom. The van der Waals surface area contributed by atoms with Gasteiger partial charge >= 0.3 is 5.69 Å². The lowest BCUT2D eigenvalue weighted by molar-refractivity contribution is -0.386. The first-order valence-electron chi connectivity index (χ1n) is 9.13. The van der Waals surface area contributed by atoms with Crippen molar-refractivity contribution in [3.63, 3.8) is 0 Å². The van der Waals surface area contributed by atoms with E-state index in [0.717, 1.165) is 10.5 Å². The lowest BCUT2D eigenvalue weighted by Crippen LogP contribution is -2.23. The van der Waals surface area contributed by atoms with Crippen LogP contribution in [0.3, 0.4) is 0 Å². The van der Waals surface area contributed by atoms with Crippen LogP contribution in [0, 0.1) is 10.1 Å². The molecule has 30 heavy (non-hydrogen) atoms. The number of aromatic nitrogens is 2. The Morgan fingerprint density at radius 2 is 2.10 bits per heavy atom. The van der Waals surface area contributed by atoms with Crippen molar-refractivity contribution in [3.8, 4) is 11.5 Å². The maximum atomic E-state index is 13.0. The molecule has 0 bridgehead atoms. The molecule has 10 heteroatoms. The normalized spacial score (nSPS) is 11.5. The quantitative estimate of drug-likeness (QED) is 0.325. The number of fused-ring (bicyclic) bond motifs is 1. The molecule has 0 spiro atoms. The van der Waals surface area contributed by atoms with Gasteiger partial charge in [0.05, 0.1) is 28.6 Å². The summed E-state index contributed by atoms with van der Waals surface area (Å²) < 4.78 is 7.19. The van der Waals surface area contributed by atoms with Gasteiger partial charge in [0, 0.05) is 22.0 Å². The number of phenolic OH excluding ortho intramolecular Hbond substituents is 1. The molecule has 0 radical (unpaired) electrons. The third-order valence-corrected chi connectivity index (χ3v) is 4.74. The highest BCUT2D eigenvalue weighted by molar-refractivity contribution is 9.10. The van der Waals surface area contributed by atoms with Gasteiger partial charge in [-0.05, 0) is 31.2 Å². The predicted octanol–water partition coefficient (Wildman–Crippen LogP) is 4.18. The van der Waals surface area contributed by atoms with Crippen LogP contribution in [-0.2, 0) is 0 Å². The van der Waals surface area contributed by atoms with E-state index in [4.69, 9.17) is 4.74 Å². The van der Waals surface area contributed by atoms with Crippen LogP contribution < -0.4 is 10.3 Å². The van der Waals surface area contributed by atoms with Crippen molar-refractivity contribution in [2.75, 3.05) is 6.61 Å². The van der Waals surface area contributed by atoms with Gasteiger partial charge in [-0.3, -0.25) is 14.9 Å². The summed E-state index contributed by atoms with van der Waals surface area (Å²) in [5.74, 6) is -0.248. The molecule has 0 saturated carbocycles. The fraction of sp³-hybridized carbons (Fsp3) is 0.250. The fourth-order valence-electron chi connectivity index (χ4n) is 2.87. The second-order valence-corrected chi connectivity index (χ2v) is 7.64. The zero-order valence-electron chi connectivity index (χ0n) is 16.5. The largest absolute Gasteiger partial charge is 0.500 e. The first-order chi connectivity index (χ1) is 14.2. The molecule has 2 aromatic carbocycles. The van der Waals surface area contributed by atoms with Crippen LogP contribution in [0.4, 0.5) is 5.69 Å². The van der Waals surface area contributed by atoms with E-state index in [1.165, 1.54) is 17.0 Å². The highest BCUT2D eigenvalue weighted by Gasteiger charge is 2.20. The van der Waals surface area contributed by atoms with Gasteiger partial charge in [-0.15, -0.1) is 0 Å². The summed E-state index contributed by atoms with van der Waals surface area (Å²) in [5.41, 5.74) is -0.0323. The molecule has 0 atom stereocenters. The monoisotopic (exact) mass is 474 g/mol. The van der Waals surface area contributed by atoms with E-state index in [1.54, 1.807) is 25.1 Å². The van der Waals surface area contributed by atoms with Crippen LogP contribution in [0.5, 0.6) is 11.5 Å². The van der Waals surface area contributed by atoms with Crippen LogP contribution in [0.1, 0.15) is 38.1 Å². The summed E-state index contributed by atoms with van der Waals surface area (Å²) in [7, 11) is 0. The number of ether oxygens (including phenoxy) is 1. The van der Waals surface area contributed by atoms with Crippen molar-refractivity contribution in [3.05, 3.63) is 66.7 Å². The van der Waals surface area contributed by atoms with E-state index >= 15 is 0 Å². The molecule has 0 unspecified atom stereocenters. The predicted molar refractivity (Wildman–Crippen MR) is 117 cm³/mol. The number of aromatic hydroxyl groups is 1. The number of nitrogens with zero attached hydrogens (tertiary/aromatic N) is 4. The summed E-state index contributed by atoms with van der Waals surface area (Å²) >= 11 is 3.35. The van der Waals surface area contributed by atoms with Crippen molar-refractivity contribution in [1.29, 1.82) is 0 Å². The summed E-state index contributed by atoms with van der Waals surface area (Å²) in [6.45, 7) is 5.68. The van der Waals surface area contributed by atoms with Gasteiger partial charge in [-0.1, -0.05) is 29.8 Å². The highest BCUT2D eigenvalue weighted by atomic mass is 79.9. The van der Waals surface area contributed by atoms with Crippen molar-refractivity contribution < 1.29 is 14.8 Å². The van der Waals surface area contributed by atoms with Crippen LogP contribution in [-0.4, -0.2) is 32.5 Å². The van der Waals surface area contributed by atoms with Gasteiger partial charge in [-0.2, -0.15) is 9.78 Å². The molecule has 0 aliphatic heterocycles. The smallest absolute Gasteiger partial charge is 0.315 e. The van der Waals surface area contributed by atoms with E-state index in [9.17, 15) is 20.0 Å². The molecule has 0 saturated heterocycles. The highest BCUT2D eigenvalue weighted by Crippen LogP contribution is 2.36. The van der Waals surface area contributed by atoms with Gasteiger partial charge < -0.3 is 9.84 Å². The molecule has 156 valence electrons. The number of benzene rings is 2. The van der Waals surface area contributed by atoms with E-state index in [2.05, 4.69) is 26.0 Å². The first-order valence-corrected chi connectivity index (χ1v) is 9.93. The van der Waals surface area contributed by atoms with E-state index < -0.39 is 16.4 Å². The van der Waals surface area contributed by atoms with E-state index in [1.807, 2.05) is 13.8 Å². The maximum Gasteiger partial charge on any atom is 0.315 e. The lowest BCUT2D eigenvalue weighted by Gasteiger charge is -2.12. The number of hydrogen-bond acceptors (Lipinski definition) is 7. The second kappa shape index (κ2) is 8.62. The Hall–Kier alpha value is -3.27. The van der Waals surface area contributed by atoms with Crippen LogP contribution in [0.2, 0.25) is 0 Å². The zero-order chi connectivity index (χ0) is 22.0. The first kappa shape index (κ1) is 21.4. The second-order valence-electron chi connectivity index (χ2n) is 6.72. The molecule has 0 aliphatic rings. The van der Waals surface area contributed by atoms with Crippen molar-refractivity contribution in [2.45, 2.75) is 26.7 Å². The summed E-state index contributed by atoms with van der Waals surface area (Å²) in [6.07, 6.45) is 1.30. The molecular weight excluding hydrogens is 456 g/mol. The number of rotatable bonds is 6. The van der Waals surface area contributed by atoms with Crippen molar-refractivity contribution >= 4 is 38.7 Å². The minimum atomic E-state index is -0.712. The molecule has 3 aromatic rings. The minimum Gasteiger partial charge on any atom is -0.500 e. The van der Waals surface area contributed by atoms with Crippen LogP contribution in [0.25, 0.3) is 10.9 Å². The molecule has 1 N–H and O–H groups in total.